The van der Waals surface area contributed by atoms with Crippen LogP contribution in [0.25, 0.3) is 0 Å². The Kier molecular flexibility index (Phi) is 5.66. The summed E-state index contributed by atoms with van der Waals surface area (Å²) in [7, 11) is 0. The number of hydrogen-bond acceptors (Lipinski definition) is 3. The lowest BCUT2D eigenvalue weighted by molar-refractivity contribution is -0.121. The molecule has 0 heterocycles. The summed E-state index contributed by atoms with van der Waals surface area (Å²) in [5.41, 5.74) is 5.41. The molecule has 0 radical (unpaired) electrons. The highest BCUT2D eigenvalue weighted by Crippen LogP contribution is 2.19. The first kappa shape index (κ1) is 13.4. The van der Waals surface area contributed by atoms with E-state index in [1.54, 1.807) is 18.7 Å². The number of carbonyl (C=O) groups excluding carboxylic acids is 1. The molecule has 0 fully saturated rings. The first-order chi connectivity index (χ1) is 7.59. The molecule has 88 valence electrons. The van der Waals surface area contributed by atoms with Crippen molar-refractivity contribution in [3.8, 4) is 0 Å². The van der Waals surface area contributed by atoms with E-state index in [4.69, 9.17) is 17.3 Å². The van der Waals surface area contributed by atoms with Crippen LogP contribution in [0.4, 0.5) is 0 Å². The number of carbonyl (C=O) groups is 1. The summed E-state index contributed by atoms with van der Waals surface area (Å²) in [6.07, 6.45) is 0. The summed E-state index contributed by atoms with van der Waals surface area (Å²) < 4.78 is 0. The molecule has 0 aliphatic rings. The SMILES string of the molecule is C[C@@H](N)C(=O)NCCSc1ccc(Cl)cc1. The summed E-state index contributed by atoms with van der Waals surface area (Å²) in [5, 5.41) is 3.48. The highest BCUT2D eigenvalue weighted by molar-refractivity contribution is 7.99. The van der Waals surface area contributed by atoms with Gasteiger partial charge in [0.1, 0.15) is 0 Å². The average molecular weight is 259 g/mol. The van der Waals surface area contributed by atoms with Gasteiger partial charge in [-0.3, -0.25) is 4.79 Å². The third-order valence-corrected chi connectivity index (χ3v) is 3.16. The lowest BCUT2D eigenvalue weighted by Gasteiger charge is -2.07. The van der Waals surface area contributed by atoms with Crippen LogP contribution in [0, 0.1) is 0 Å². The van der Waals surface area contributed by atoms with E-state index >= 15 is 0 Å². The number of hydrogen-bond donors (Lipinski definition) is 2. The summed E-state index contributed by atoms with van der Waals surface area (Å²) >= 11 is 7.44. The molecule has 0 saturated carbocycles. The number of benzene rings is 1. The van der Waals surface area contributed by atoms with Crippen LogP contribution in [0.1, 0.15) is 6.92 Å². The molecule has 0 aliphatic carbocycles. The van der Waals surface area contributed by atoms with Crippen LogP contribution in [0.3, 0.4) is 0 Å². The molecule has 1 aromatic carbocycles. The number of nitrogens with one attached hydrogen (secondary N) is 1. The van der Waals surface area contributed by atoms with Crippen molar-refractivity contribution >= 4 is 29.3 Å². The molecular weight excluding hydrogens is 244 g/mol. The van der Waals surface area contributed by atoms with Gasteiger partial charge in [0.2, 0.25) is 5.91 Å². The minimum Gasteiger partial charge on any atom is -0.354 e. The fraction of sp³-hybridized carbons (Fsp3) is 0.364. The second-order valence-electron chi connectivity index (χ2n) is 3.38. The van der Waals surface area contributed by atoms with E-state index in [-0.39, 0.29) is 5.91 Å². The Morgan fingerprint density at radius 2 is 2.12 bits per heavy atom. The van der Waals surface area contributed by atoms with Gasteiger partial charge in [0.15, 0.2) is 0 Å². The van der Waals surface area contributed by atoms with Gasteiger partial charge >= 0.3 is 0 Å². The van der Waals surface area contributed by atoms with Crippen LogP contribution in [0.15, 0.2) is 29.2 Å². The molecular formula is C11H15ClN2OS. The molecule has 1 amide bonds. The van der Waals surface area contributed by atoms with E-state index in [1.165, 1.54) is 0 Å². The van der Waals surface area contributed by atoms with Crippen LogP contribution >= 0.6 is 23.4 Å². The summed E-state index contributed by atoms with van der Waals surface area (Å²) in [4.78, 5) is 12.3. The van der Waals surface area contributed by atoms with Crippen molar-refractivity contribution < 1.29 is 4.79 Å². The number of rotatable bonds is 5. The predicted octanol–water partition coefficient (Wildman–Crippen LogP) is 1.90. The maximum Gasteiger partial charge on any atom is 0.236 e. The topological polar surface area (TPSA) is 55.1 Å². The Labute approximate surface area is 105 Å². The van der Waals surface area contributed by atoms with Gasteiger partial charge in [-0.25, -0.2) is 0 Å². The van der Waals surface area contributed by atoms with Crippen molar-refractivity contribution in [3.05, 3.63) is 29.3 Å². The zero-order chi connectivity index (χ0) is 12.0. The highest BCUT2D eigenvalue weighted by Gasteiger charge is 2.05. The first-order valence-corrected chi connectivity index (χ1v) is 6.37. The van der Waals surface area contributed by atoms with Crippen LogP contribution in [0.5, 0.6) is 0 Å². The molecule has 0 bridgehead atoms. The molecule has 16 heavy (non-hydrogen) atoms. The van der Waals surface area contributed by atoms with Gasteiger partial charge in [-0.2, -0.15) is 0 Å². The largest absolute Gasteiger partial charge is 0.354 e. The molecule has 0 saturated heterocycles. The number of nitrogens with two attached hydrogens (primary N) is 1. The first-order valence-electron chi connectivity index (χ1n) is 5.01. The minimum absolute atomic E-state index is 0.114. The minimum atomic E-state index is -0.444. The highest BCUT2D eigenvalue weighted by atomic mass is 35.5. The predicted molar refractivity (Wildman–Crippen MR) is 68.8 cm³/mol. The van der Waals surface area contributed by atoms with Crippen LogP contribution in [0.2, 0.25) is 5.02 Å². The van der Waals surface area contributed by atoms with Gasteiger partial charge in [0, 0.05) is 22.2 Å². The number of amides is 1. The van der Waals surface area contributed by atoms with Crippen LogP contribution < -0.4 is 11.1 Å². The van der Waals surface area contributed by atoms with Gasteiger partial charge in [0.25, 0.3) is 0 Å². The molecule has 1 aromatic rings. The molecule has 0 aliphatic heterocycles. The maximum atomic E-state index is 11.1. The zero-order valence-corrected chi connectivity index (χ0v) is 10.6. The smallest absolute Gasteiger partial charge is 0.236 e. The lowest BCUT2D eigenvalue weighted by atomic mass is 10.3. The Bertz CT molecular complexity index is 340. The quantitative estimate of drug-likeness (QED) is 0.627. The Morgan fingerprint density at radius 3 is 2.69 bits per heavy atom. The van der Waals surface area contributed by atoms with E-state index in [0.29, 0.717) is 6.54 Å². The Hall–Kier alpha value is -0.710. The summed E-state index contributed by atoms with van der Waals surface area (Å²) in [6.45, 7) is 2.29. The molecule has 3 N–H and O–H groups in total. The fourth-order valence-corrected chi connectivity index (χ4v) is 1.93. The second kappa shape index (κ2) is 6.78. The van der Waals surface area contributed by atoms with Crippen molar-refractivity contribution in [1.29, 1.82) is 0 Å². The normalized spacial score (nSPS) is 12.2. The fourth-order valence-electron chi connectivity index (χ4n) is 1.03. The average Bonchev–Trinajstić information content (AvgIpc) is 2.26. The van der Waals surface area contributed by atoms with Gasteiger partial charge in [0.05, 0.1) is 6.04 Å². The monoisotopic (exact) mass is 258 g/mol. The summed E-state index contributed by atoms with van der Waals surface area (Å²) in [6, 6.07) is 7.18. The van der Waals surface area contributed by atoms with E-state index in [1.807, 2.05) is 24.3 Å². The van der Waals surface area contributed by atoms with Crippen molar-refractivity contribution in [3.63, 3.8) is 0 Å². The van der Waals surface area contributed by atoms with Crippen molar-refractivity contribution in [1.82, 2.24) is 5.32 Å². The third-order valence-electron chi connectivity index (χ3n) is 1.90. The molecule has 0 unspecified atom stereocenters. The third kappa shape index (κ3) is 4.88. The van der Waals surface area contributed by atoms with E-state index < -0.39 is 6.04 Å². The summed E-state index contributed by atoms with van der Waals surface area (Å²) in [5.74, 6) is 0.705. The van der Waals surface area contributed by atoms with Crippen LogP contribution in [-0.2, 0) is 4.79 Å². The van der Waals surface area contributed by atoms with Gasteiger partial charge in [-0.1, -0.05) is 11.6 Å². The lowest BCUT2D eigenvalue weighted by Crippen LogP contribution is -2.39. The molecule has 0 aromatic heterocycles. The van der Waals surface area contributed by atoms with E-state index in [2.05, 4.69) is 5.32 Å². The van der Waals surface area contributed by atoms with Gasteiger partial charge in [-0.05, 0) is 31.2 Å². The standard InChI is InChI=1S/C11H15ClN2OS/c1-8(13)11(15)14-6-7-16-10-4-2-9(12)3-5-10/h2-5,8H,6-7,13H2,1H3,(H,14,15)/t8-/m1/s1. The molecule has 5 heteroatoms. The second-order valence-corrected chi connectivity index (χ2v) is 4.99. The van der Waals surface area contributed by atoms with E-state index in [0.717, 1.165) is 15.7 Å². The Morgan fingerprint density at radius 1 is 1.50 bits per heavy atom. The maximum absolute atomic E-state index is 11.1. The van der Waals surface area contributed by atoms with E-state index in [9.17, 15) is 4.79 Å². The number of thioether (sulfide) groups is 1. The zero-order valence-electron chi connectivity index (χ0n) is 9.07. The molecule has 1 atom stereocenters. The molecule has 0 spiro atoms. The van der Waals surface area contributed by atoms with Gasteiger partial charge < -0.3 is 11.1 Å². The van der Waals surface area contributed by atoms with Crippen LogP contribution in [-0.4, -0.2) is 24.2 Å². The molecule has 1 rings (SSSR count). The van der Waals surface area contributed by atoms with Gasteiger partial charge in [-0.15, -0.1) is 11.8 Å². The molecule has 3 nitrogen and oxygen atoms in total. The Balaban J connectivity index is 2.21. The van der Waals surface area contributed by atoms with Crippen molar-refractivity contribution in [2.45, 2.75) is 17.9 Å². The number of halogens is 1. The van der Waals surface area contributed by atoms with Crippen molar-refractivity contribution in [2.75, 3.05) is 12.3 Å². The van der Waals surface area contributed by atoms with Crippen molar-refractivity contribution in [2.24, 2.45) is 5.73 Å².